The second kappa shape index (κ2) is 19.9. The molecule has 0 saturated carbocycles. The number of carbonyl (C=O) groups is 2. The summed E-state index contributed by atoms with van der Waals surface area (Å²) in [6.07, 6.45) is 33.3. The molecule has 0 aromatic carbocycles. The number of nitrogens with zero attached hydrogens (tertiary/aromatic N) is 3. The maximum absolute atomic E-state index is 12.5. The molecule has 2 aromatic heterocycles. The predicted octanol–water partition coefficient (Wildman–Crippen LogP) is 6.97. The Morgan fingerprint density at radius 1 is 0.872 bits per heavy atom. The van der Waals surface area contributed by atoms with Crippen LogP contribution < -0.4 is 10.6 Å². The molecule has 206 valence electrons. The van der Waals surface area contributed by atoms with Crippen LogP contribution in [0.1, 0.15) is 80.0 Å². The molecule has 0 aliphatic rings. The second-order valence-corrected chi connectivity index (χ2v) is 8.86. The SMILES string of the molecule is CCC=CCC=CCC=CCC=CCC=CCCCC(=O)Nc1nc(C)ncc1CNC(=O)c1cccnc1. The summed E-state index contributed by atoms with van der Waals surface area (Å²) in [6, 6.07) is 3.39. The van der Waals surface area contributed by atoms with Gasteiger partial charge in [-0.1, -0.05) is 67.7 Å². The van der Waals surface area contributed by atoms with E-state index in [-0.39, 0.29) is 18.4 Å². The van der Waals surface area contributed by atoms with E-state index in [0.717, 1.165) is 44.9 Å². The van der Waals surface area contributed by atoms with Crippen LogP contribution in [0, 0.1) is 6.92 Å². The van der Waals surface area contributed by atoms with Gasteiger partial charge < -0.3 is 10.6 Å². The lowest BCUT2D eigenvalue weighted by atomic mass is 10.2. The lowest BCUT2D eigenvalue weighted by Gasteiger charge is -2.11. The Bertz CT molecular complexity index is 1150. The van der Waals surface area contributed by atoms with Crippen molar-refractivity contribution in [3.05, 3.63) is 108 Å². The molecule has 0 spiro atoms. The fourth-order valence-electron chi connectivity index (χ4n) is 3.45. The van der Waals surface area contributed by atoms with Crippen molar-refractivity contribution in [1.29, 1.82) is 0 Å². The molecule has 0 saturated heterocycles. The summed E-state index contributed by atoms with van der Waals surface area (Å²) in [5, 5.41) is 5.69. The number of hydrogen-bond acceptors (Lipinski definition) is 5. The summed E-state index contributed by atoms with van der Waals surface area (Å²) in [6.45, 7) is 4.10. The molecule has 0 bridgehead atoms. The fraction of sp³-hybridized carbons (Fsp3) is 0.344. The highest BCUT2D eigenvalue weighted by Crippen LogP contribution is 2.13. The largest absolute Gasteiger partial charge is 0.348 e. The highest BCUT2D eigenvalue weighted by Gasteiger charge is 2.12. The summed E-state index contributed by atoms with van der Waals surface area (Å²) < 4.78 is 0. The van der Waals surface area contributed by atoms with E-state index in [0.29, 0.717) is 29.2 Å². The van der Waals surface area contributed by atoms with Crippen molar-refractivity contribution >= 4 is 17.6 Å². The van der Waals surface area contributed by atoms with Crippen LogP contribution in [0.25, 0.3) is 0 Å². The van der Waals surface area contributed by atoms with Crippen LogP contribution in [-0.4, -0.2) is 26.8 Å². The monoisotopic (exact) mass is 527 g/mol. The Labute approximate surface area is 233 Å². The minimum Gasteiger partial charge on any atom is -0.348 e. The molecule has 2 amide bonds. The van der Waals surface area contributed by atoms with Crippen molar-refractivity contribution in [2.24, 2.45) is 0 Å². The molecule has 7 nitrogen and oxygen atoms in total. The van der Waals surface area contributed by atoms with Gasteiger partial charge in [-0.05, 0) is 64.0 Å². The fourth-order valence-corrected chi connectivity index (χ4v) is 3.45. The first kappa shape index (κ1) is 31.1. The van der Waals surface area contributed by atoms with Crippen molar-refractivity contribution in [1.82, 2.24) is 20.3 Å². The van der Waals surface area contributed by atoms with Gasteiger partial charge in [0.25, 0.3) is 5.91 Å². The smallest absolute Gasteiger partial charge is 0.253 e. The highest BCUT2D eigenvalue weighted by atomic mass is 16.2. The van der Waals surface area contributed by atoms with Crippen LogP contribution in [-0.2, 0) is 11.3 Å². The normalized spacial score (nSPS) is 11.9. The Morgan fingerprint density at radius 2 is 1.51 bits per heavy atom. The van der Waals surface area contributed by atoms with Crippen LogP contribution in [0.5, 0.6) is 0 Å². The molecule has 7 heteroatoms. The van der Waals surface area contributed by atoms with Gasteiger partial charge in [-0.25, -0.2) is 9.97 Å². The third-order valence-electron chi connectivity index (χ3n) is 5.54. The standard InChI is InChI=1S/C32H41N5O2/c1-3-4-5-6-7-8-9-10-11-12-13-14-15-16-17-18-19-22-30(38)37-31-29(25-34-27(2)36-31)26-35-32(39)28-21-20-23-33-24-28/h4-5,7-8,10-11,13-14,16-17,20-21,23-25H,3,6,9,12,15,18-19,22,26H2,1-2H3,(H,35,39)(H,34,36,37,38). The summed E-state index contributed by atoms with van der Waals surface area (Å²) in [5.74, 6) is 0.610. The maximum atomic E-state index is 12.5. The number of carbonyl (C=O) groups excluding carboxylic acids is 2. The number of nitrogens with one attached hydrogen (secondary N) is 2. The van der Waals surface area contributed by atoms with Crippen LogP contribution in [0.2, 0.25) is 0 Å². The van der Waals surface area contributed by atoms with Gasteiger partial charge in [0.05, 0.1) is 5.56 Å². The second-order valence-electron chi connectivity index (χ2n) is 8.86. The Morgan fingerprint density at radius 3 is 2.13 bits per heavy atom. The Hall–Kier alpha value is -4.13. The molecule has 2 N–H and O–H groups in total. The van der Waals surface area contributed by atoms with Gasteiger partial charge in [-0.3, -0.25) is 14.6 Å². The zero-order chi connectivity index (χ0) is 28.0. The van der Waals surface area contributed by atoms with Gasteiger partial charge in [0.15, 0.2) is 0 Å². The Kier molecular flexibility index (Phi) is 15.9. The van der Waals surface area contributed by atoms with Gasteiger partial charge in [0.2, 0.25) is 5.91 Å². The van der Waals surface area contributed by atoms with E-state index in [1.165, 1.54) is 6.20 Å². The third kappa shape index (κ3) is 14.4. The molecular weight excluding hydrogens is 486 g/mol. The molecule has 0 aliphatic heterocycles. The molecule has 39 heavy (non-hydrogen) atoms. The minimum atomic E-state index is -0.252. The zero-order valence-electron chi connectivity index (χ0n) is 23.2. The van der Waals surface area contributed by atoms with Crippen LogP contribution in [0.3, 0.4) is 0 Å². The zero-order valence-corrected chi connectivity index (χ0v) is 23.2. The van der Waals surface area contributed by atoms with Crippen molar-refractivity contribution in [3.63, 3.8) is 0 Å². The van der Waals surface area contributed by atoms with Crippen molar-refractivity contribution in [2.75, 3.05) is 5.32 Å². The topological polar surface area (TPSA) is 96.9 Å². The average molecular weight is 528 g/mol. The predicted molar refractivity (Wildman–Crippen MR) is 159 cm³/mol. The molecule has 0 radical (unpaired) electrons. The molecule has 2 heterocycles. The minimum absolute atomic E-state index is 0.111. The van der Waals surface area contributed by atoms with Gasteiger partial charge in [-0.2, -0.15) is 0 Å². The van der Waals surface area contributed by atoms with Crippen LogP contribution in [0.15, 0.2) is 91.5 Å². The number of anilines is 1. The third-order valence-corrected chi connectivity index (χ3v) is 5.54. The van der Waals surface area contributed by atoms with Gasteiger partial charge in [-0.15, -0.1) is 0 Å². The van der Waals surface area contributed by atoms with E-state index >= 15 is 0 Å². The number of rotatable bonds is 17. The highest BCUT2D eigenvalue weighted by molar-refractivity contribution is 5.94. The number of amides is 2. The number of unbranched alkanes of at least 4 members (excludes halogenated alkanes) is 1. The number of hydrogen-bond donors (Lipinski definition) is 2. The number of aryl methyl sites for hydroxylation is 1. The lowest BCUT2D eigenvalue weighted by molar-refractivity contribution is -0.116. The van der Waals surface area contributed by atoms with Crippen LogP contribution >= 0.6 is 0 Å². The van der Waals surface area contributed by atoms with E-state index in [4.69, 9.17) is 0 Å². The molecule has 2 aromatic rings. The van der Waals surface area contributed by atoms with Gasteiger partial charge >= 0.3 is 0 Å². The average Bonchev–Trinajstić information content (AvgIpc) is 2.94. The first-order valence-electron chi connectivity index (χ1n) is 13.7. The molecular formula is C32H41N5O2. The molecule has 0 fully saturated rings. The Balaban J connectivity index is 1.63. The molecule has 2 rings (SSSR count). The summed E-state index contributed by atoms with van der Waals surface area (Å²) in [7, 11) is 0. The van der Waals surface area contributed by atoms with Gasteiger partial charge in [0, 0.05) is 37.1 Å². The van der Waals surface area contributed by atoms with E-state index in [1.807, 2.05) is 0 Å². The lowest BCUT2D eigenvalue weighted by Crippen LogP contribution is -2.24. The van der Waals surface area contributed by atoms with E-state index < -0.39 is 0 Å². The summed E-state index contributed by atoms with van der Waals surface area (Å²) >= 11 is 0. The van der Waals surface area contributed by atoms with E-state index in [2.05, 4.69) is 93.3 Å². The number of allylic oxidation sites excluding steroid dienone is 10. The molecule has 0 unspecified atom stereocenters. The quantitative estimate of drug-likeness (QED) is 0.171. The number of pyridine rings is 1. The van der Waals surface area contributed by atoms with Crippen molar-refractivity contribution in [2.45, 2.75) is 71.8 Å². The molecule has 0 atom stereocenters. The first-order valence-corrected chi connectivity index (χ1v) is 13.7. The van der Waals surface area contributed by atoms with Gasteiger partial charge in [0.1, 0.15) is 11.6 Å². The van der Waals surface area contributed by atoms with Crippen molar-refractivity contribution in [3.8, 4) is 0 Å². The molecule has 0 aliphatic carbocycles. The first-order chi connectivity index (χ1) is 19.1. The van der Waals surface area contributed by atoms with Crippen molar-refractivity contribution < 1.29 is 9.59 Å². The van der Waals surface area contributed by atoms with Crippen LogP contribution in [0.4, 0.5) is 5.82 Å². The number of aromatic nitrogens is 3. The summed E-state index contributed by atoms with van der Waals surface area (Å²) in [5.41, 5.74) is 1.11. The van der Waals surface area contributed by atoms with E-state index in [1.54, 1.807) is 31.5 Å². The maximum Gasteiger partial charge on any atom is 0.253 e. The van der Waals surface area contributed by atoms with E-state index in [9.17, 15) is 9.59 Å². The summed E-state index contributed by atoms with van der Waals surface area (Å²) in [4.78, 5) is 37.3.